The van der Waals surface area contributed by atoms with Crippen LogP contribution < -0.4 is 0 Å². The zero-order chi connectivity index (χ0) is 42.6. The number of carbonyl (C=O) groups is 2. The van der Waals surface area contributed by atoms with E-state index >= 15 is 0 Å². The highest BCUT2D eigenvalue weighted by molar-refractivity contribution is 5.69. The van der Waals surface area contributed by atoms with Crippen molar-refractivity contribution in [1.29, 1.82) is 0 Å². The predicted molar refractivity (Wildman–Crippen MR) is 256 cm³/mol. The van der Waals surface area contributed by atoms with Gasteiger partial charge in [0.05, 0.1) is 13.2 Å². The third-order valence-corrected chi connectivity index (χ3v) is 12.5. The molecule has 5 heteroatoms. The van der Waals surface area contributed by atoms with Gasteiger partial charge in [-0.3, -0.25) is 9.59 Å². The zero-order valence-electron chi connectivity index (χ0n) is 40.4. The van der Waals surface area contributed by atoms with Crippen LogP contribution in [-0.4, -0.2) is 38.4 Å². The van der Waals surface area contributed by atoms with Crippen LogP contribution in [0.5, 0.6) is 0 Å². The molecule has 0 fully saturated rings. The average molecular weight is 835 g/mol. The number of hydrogen-bond acceptors (Lipinski definition) is 5. The molecule has 0 saturated heterocycles. The molecule has 0 amide bonds. The Morgan fingerprint density at radius 1 is 0.237 bits per heavy atom. The summed E-state index contributed by atoms with van der Waals surface area (Å²) in [6, 6.07) is 0. The van der Waals surface area contributed by atoms with Gasteiger partial charge < -0.3 is 14.2 Å². The lowest BCUT2D eigenvalue weighted by Gasteiger charge is -2.07. The first-order valence-electron chi connectivity index (χ1n) is 27.1. The summed E-state index contributed by atoms with van der Waals surface area (Å²) < 4.78 is 16.1. The topological polar surface area (TPSA) is 61.8 Å². The number of esters is 2. The van der Waals surface area contributed by atoms with Crippen molar-refractivity contribution in [2.45, 2.75) is 309 Å². The summed E-state index contributed by atoms with van der Waals surface area (Å²) in [5, 5.41) is 0. The third kappa shape index (κ3) is 53.0. The van der Waals surface area contributed by atoms with Crippen molar-refractivity contribution in [2.24, 2.45) is 0 Å². The minimum absolute atomic E-state index is 0.131. The van der Waals surface area contributed by atoms with Gasteiger partial charge in [0.1, 0.15) is 13.2 Å². The van der Waals surface area contributed by atoms with E-state index in [4.69, 9.17) is 14.2 Å². The molecule has 0 unspecified atom stereocenters. The van der Waals surface area contributed by atoms with Crippen LogP contribution in [0.3, 0.4) is 0 Å². The Bertz CT molecular complexity index is 736. The second-order valence-corrected chi connectivity index (χ2v) is 18.4. The molecular weight excluding hydrogens is 729 g/mol. The molecule has 0 saturated carbocycles. The highest BCUT2D eigenvalue weighted by Gasteiger charge is 2.05. The Hall–Kier alpha value is -1.10. The lowest BCUT2D eigenvalue weighted by atomic mass is 10.0. The smallest absolute Gasteiger partial charge is 0.305 e. The summed E-state index contributed by atoms with van der Waals surface area (Å²) in [6.07, 6.45) is 61.2. The summed E-state index contributed by atoms with van der Waals surface area (Å²) >= 11 is 0. The molecule has 352 valence electrons. The molecule has 0 aromatic carbocycles. The Balaban J connectivity index is 3.22. The predicted octanol–water partition coefficient (Wildman–Crippen LogP) is 18.1. The van der Waals surface area contributed by atoms with Crippen molar-refractivity contribution >= 4 is 11.9 Å². The summed E-state index contributed by atoms with van der Waals surface area (Å²) in [4.78, 5) is 24.0. The van der Waals surface area contributed by atoms with Crippen molar-refractivity contribution in [2.75, 3.05) is 26.4 Å². The maximum Gasteiger partial charge on any atom is 0.305 e. The molecular formula is C54H106O5. The quantitative estimate of drug-likeness (QED) is 0.0451. The largest absolute Gasteiger partial charge is 0.463 e. The van der Waals surface area contributed by atoms with E-state index in [-0.39, 0.29) is 25.2 Å². The normalized spacial score (nSPS) is 11.4. The molecule has 0 aromatic heterocycles. The van der Waals surface area contributed by atoms with Crippen LogP contribution in [0.2, 0.25) is 0 Å². The van der Waals surface area contributed by atoms with Gasteiger partial charge in [0.15, 0.2) is 0 Å². The van der Waals surface area contributed by atoms with Crippen molar-refractivity contribution < 1.29 is 23.8 Å². The maximum atomic E-state index is 12.0. The summed E-state index contributed by atoms with van der Waals surface area (Å²) in [6.45, 7) is 5.83. The Labute approximate surface area is 370 Å². The molecule has 0 aliphatic heterocycles. The van der Waals surface area contributed by atoms with Crippen molar-refractivity contribution in [3.05, 3.63) is 0 Å². The van der Waals surface area contributed by atoms with Gasteiger partial charge in [-0.05, 0) is 12.8 Å². The van der Waals surface area contributed by atoms with Gasteiger partial charge in [-0.15, -0.1) is 0 Å². The van der Waals surface area contributed by atoms with Crippen molar-refractivity contribution in [1.82, 2.24) is 0 Å². The van der Waals surface area contributed by atoms with E-state index in [1.54, 1.807) is 0 Å². The first-order valence-corrected chi connectivity index (χ1v) is 27.1. The Kier molecular flexibility index (Phi) is 52.0. The maximum absolute atomic E-state index is 12.0. The van der Waals surface area contributed by atoms with E-state index in [0.29, 0.717) is 26.1 Å². The first kappa shape index (κ1) is 57.9. The molecule has 0 N–H and O–H groups in total. The molecule has 0 atom stereocenters. The van der Waals surface area contributed by atoms with Gasteiger partial charge in [0.25, 0.3) is 0 Å². The monoisotopic (exact) mass is 835 g/mol. The summed E-state index contributed by atoms with van der Waals surface area (Å²) in [5.74, 6) is -0.262. The lowest BCUT2D eigenvalue weighted by Crippen LogP contribution is -2.14. The van der Waals surface area contributed by atoms with Gasteiger partial charge >= 0.3 is 11.9 Å². The minimum Gasteiger partial charge on any atom is -0.463 e. The number of unbranched alkanes of at least 4 members (excludes halogenated alkanes) is 42. The molecule has 0 aliphatic carbocycles. The molecule has 5 nitrogen and oxygen atoms in total. The average Bonchev–Trinajstić information content (AvgIpc) is 3.24. The number of hydrogen-bond donors (Lipinski definition) is 0. The van der Waals surface area contributed by atoms with E-state index in [1.165, 1.54) is 257 Å². The fraction of sp³-hybridized carbons (Fsp3) is 0.963. The highest BCUT2D eigenvalue weighted by Crippen LogP contribution is 2.17. The number of rotatable bonds is 52. The van der Waals surface area contributed by atoms with Crippen LogP contribution in [0.25, 0.3) is 0 Å². The molecule has 0 heterocycles. The molecule has 0 aliphatic rings. The van der Waals surface area contributed by atoms with E-state index in [9.17, 15) is 9.59 Å². The molecule has 0 radical (unpaired) electrons. The van der Waals surface area contributed by atoms with Crippen LogP contribution in [0.15, 0.2) is 0 Å². The first-order chi connectivity index (χ1) is 29.2. The zero-order valence-corrected chi connectivity index (χ0v) is 40.4. The highest BCUT2D eigenvalue weighted by atomic mass is 16.6. The standard InChI is InChI=1S/C54H106O5/c1-3-5-7-9-11-13-15-17-19-21-23-25-27-29-31-33-35-37-39-41-43-45-47-53(55)58-51-49-57-50-52-59-54(56)48-46-44-42-40-38-36-34-32-30-28-26-24-22-20-18-16-14-12-10-8-6-4-2/h3-52H2,1-2H3. The Morgan fingerprint density at radius 3 is 0.593 bits per heavy atom. The Morgan fingerprint density at radius 2 is 0.407 bits per heavy atom. The molecule has 0 rings (SSSR count). The SMILES string of the molecule is CCCCCCCCCCCCCCCCCCCCCCCCC(=O)OCCOCCOC(=O)CCCCCCCCCCCCCCCCCCCCCCCC. The van der Waals surface area contributed by atoms with E-state index in [2.05, 4.69) is 13.8 Å². The number of carbonyl (C=O) groups excluding carboxylic acids is 2. The summed E-state index contributed by atoms with van der Waals surface area (Å²) in [5.41, 5.74) is 0. The van der Waals surface area contributed by atoms with Crippen molar-refractivity contribution in [3.8, 4) is 0 Å². The van der Waals surface area contributed by atoms with E-state index in [1.807, 2.05) is 0 Å². The van der Waals surface area contributed by atoms with Crippen LogP contribution in [0.1, 0.15) is 309 Å². The fourth-order valence-corrected chi connectivity index (χ4v) is 8.43. The molecule has 0 aromatic rings. The second kappa shape index (κ2) is 53.0. The van der Waals surface area contributed by atoms with E-state index < -0.39 is 0 Å². The molecule has 0 bridgehead atoms. The van der Waals surface area contributed by atoms with Crippen LogP contribution in [0.4, 0.5) is 0 Å². The lowest BCUT2D eigenvalue weighted by molar-refractivity contribution is -0.146. The molecule has 0 spiro atoms. The molecule has 59 heavy (non-hydrogen) atoms. The third-order valence-electron chi connectivity index (χ3n) is 12.5. The second-order valence-electron chi connectivity index (χ2n) is 18.4. The van der Waals surface area contributed by atoms with Gasteiger partial charge in [-0.2, -0.15) is 0 Å². The van der Waals surface area contributed by atoms with E-state index in [0.717, 1.165) is 25.7 Å². The minimum atomic E-state index is -0.131. The van der Waals surface area contributed by atoms with Gasteiger partial charge in [-0.1, -0.05) is 284 Å². The van der Waals surface area contributed by atoms with Gasteiger partial charge in [0, 0.05) is 12.8 Å². The van der Waals surface area contributed by atoms with Gasteiger partial charge in [-0.25, -0.2) is 0 Å². The van der Waals surface area contributed by atoms with Gasteiger partial charge in [0.2, 0.25) is 0 Å². The number of ether oxygens (including phenoxy) is 3. The van der Waals surface area contributed by atoms with Crippen LogP contribution in [-0.2, 0) is 23.8 Å². The van der Waals surface area contributed by atoms with Crippen LogP contribution in [0, 0.1) is 0 Å². The van der Waals surface area contributed by atoms with Crippen LogP contribution >= 0.6 is 0 Å². The summed E-state index contributed by atoms with van der Waals surface area (Å²) in [7, 11) is 0. The fourth-order valence-electron chi connectivity index (χ4n) is 8.43. The van der Waals surface area contributed by atoms with Crippen molar-refractivity contribution in [3.63, 3.8) is 0 Å².